The molecule has 3 aromatic rings. The van der Waals surface area contributed by atoms with E-state index < -0.39 is 0 Å². The van der Waals surface area contributed by atoms with Gasteiger partial charge in [-0.15, -0.1) is 11.3 Å². The summed E-state index contributed by atoms with van der Waals surface area (Å²) in [6, 6.07) is 13.9. The highest BCUT2D eigenvalue weighted by atomic mass is 32.1. The monoisotopic (exact) mass is 437 g/mol. The van der Waals surface area contributed by atoms with Crippen LogP contribution in [0.4, 0.5) is 10.9 Å². The van der Waals surface area contributed by atoms with E-state index in [2.05, 4.69) is 10.3 Å². The van der Waals surface area contributed by atoms with Gasteiger partial charge in [-0.2, -0.15) is 0 Å². The fourth-order valence-electron chi connectivity index (χ4n) is 3.93. The van der Waals surface area contributed by atoms with Gasteiger partial charge in [0, 0.05) is 24.7 Å². The number of amides is 1. The minimum absolute atomic E-state index is 0.00997. The lowest BCUT2D eigenvalue weighted by Gasteiger charge is -2.27. The Morgan fingerprint density at radius 1 is 1.32 bits per heavy atom. The lowest BCUT2D eigenvalue weighted by Crippen LogP contribution is -2.38. The number of rotatable bonds is 8. The average Bonchev–Trinajstić information content (AvgIpc) is 3.46. The van der Waals surface area contributed by atoms with E-state index in [1.54, 1.807) is 13.3 Å². The van der Waals surface area contributed by atoms with Crippen molar-refractivity contribution in [3.8, 4) is 5.75 Å². The van der Waals surface area contributed by atoms with Crippen LogP contribution < -0.4 is 10.1 Å². The summed E-state index contributed by atoms with van der Waals surface area (Å²) in [5, 5.41) is 5.97. The van der Waals surface area contributed by atoms with Gasteiger partial charge in [0.2, 0.25) is 5.91 Å². The SMILES string of the molecule is COc1cccc(CN(C)CC(=O)N2CCC[C@@H]2c2cccc(Nc3nccs3)n2)c1. The highest BCUT2D eigenvalue weighted by molar-refractivity contribution is 7.13. The van der Waals surface area contributed by atoms with Gasteiger partial charge in [0.1, 0.15) is 11.6 Å². The molecular formula is C23H27N5O2S. The van der Waals surface area contributed by atoms with Crippen LogP contribution in [0.15, 0.2) is 54.0 Å². The zero-order valence-electron chi connectivity index (χ0n) is 17.8. The standard InChI is InChI=1S/C23H27N5O2S/c1-27(15-17-6-3-7-18(14-17)30-2)16-22(29)28-12-5-9-20(28)19-8-4-10-21(25-19)26-23-24-11-13-31-23/h3-4,6-8,10-11,13-14,20H,5,9,12,15-16H2,1-2H3,(H,24,25,26)/t20-/m1/s1. The number of carbonyl (C=O) groups is 1. The Bertz CT molecular complexity index is 1010. The predicted molar refractivity (Wildman–Crippen MR) is 123 cm³/mol. The first-order valence-electron chi connectivity index (χ1n) is 10.4. The predicted octanol–water partition coefficient (Wildman–Crippen LogP) is 4.09. The topological polar surface area (TPSA) is 70.6 Å². The molecular weight excluding hydrogens is 410 g/mol. The summed E-state index contributed by atoms with van der Waals surface area (Å²) in [5.41, 5.74) is 2.04. The number of pyridine rings is 1. The molecule has 7 nitrogen and oxygen atoms in total. The average molecular weight is 438 g/mol. The second kappa shape index (κ2) is 9.89. The number of nitrogens with one attached hydrogen (secondary N) is 1. The third kappa shape index (κ3) is 5.39. The molecule has 3 heterocycles. The molecule has 1 saturated heterocycles. The number of hydrogen-bond acceptors (Lipinski definition) is 7. The number of carbonyl (C=O) groups excluding carboxylic acids is 1. The lowest BCUT2D eigenvalue weighted by molar-refractivity contribution is -0.133. The molecule has 1 fully saturated rings. The van der Waals surface area contributed by atoms with E-state index in [1.165, 1.54) is 11.3 Å². The third-order valence-corrected chi connectivity index (χ3v) is 6.03. The van der Waals surface area contributed by atoms with Crippen molar-refractivity contribution in [1.29, 1.82) is 0 Å². The van der Waals surface area contributed by atoms with Crippen LogP contribution >= 0.6 is 11.3 Å². The number of likely N-dealkylation sites (tertiary alicyclic amines) is 1. The van der Waals surface area contributed by atoms with E-state index in [4.69, 9.17) is 9.72 Å². The van der Waals surface area contributed by atoms with Gasteiger partial charge in [0.15, 0.2) is 5.13 Å². The zero-order chi connectivity index (χ0) is 21.6. The Balaban J connectivity index is 1.40. The van der Waals surface area contributed by atoms with Crippen LogP contribution in [0, 0.1) is 0 Å². The number of benzene rings is 1. The Morgan fingerprint density at radius 2 is 2.19 bits per heavy atom. The van der Waals surface area contributed by atoms with Crippen LogP contribution in [0.1, 0.15) is 30.1 Å². The number of methoxy groups -OCH3 is 1. The Labute approximate surface area is 186 Å². The van der Waals surface area contributed by atoms with E-state index in [9.17, 15) is 4.79 Å². The molecule has 8 heteroatoms. The van der Waals surface area contributed by atoms with Gasteiger partial charge in [-0.25, -0.2) is 9.97 Å². The summed E-state index contributed by atoms with van der Waals surface area (Å²) >= 11 is 1.53. The Hall–Kier alpha value is -2.97. The number of likely N-dealkylation sites (N-methyl/N-ethyl adjacent to an activating group) is 1. The minimum Gasteiger partial charge on any atom is -0.497 e. The maximum atomic E-state index is 13.1. The Morgan fingerprint density at radius 3 is 3.00 bits per heavy atom. The van der Waals surface area contributed by atoms with Crippen molar-refractivity contribution in [3.63, 3.8) is 0 Å². The smallest absolute Gasteiger partial charge is 0.237 e. The zero-order valence-corrected chi connectivity index (χ0v) is 18.6. The summed E-state index contributed by atoms with van der Waals surface area (Å²) in [4.78, 5) is 26.1. The van der Waals surface area contributed by atoms with Crippen molar-refractivity contribution < 1.29 is 9.53 Å². The van der Waals surface area contributed by atoms with Crippen molar-refractivity contribution in [2.45, 2.75) is 25.4 Å². The lowest BCUT2D eigenvalue weighted by atomic mass is 10.1. The molecule has 1 N–H and O–H groups in total. The summed E-state index contributed by atoms with van der Waals surface area (Å²) in [6.07, 6.45) is 3.68. The minimum atomic E-state index is 0.00997. The molecule has 0 unspecified atom stereocenters. The molecule has 0 spiro atoms. The largest absolute Gasteiger partial charge is 0.497 e. The number of thiazole rings is 1. The molecule has 0 aliphatic carbocycles. The molecule has 0 bridgehead atoms. The first kappa shape index (κ1) is 21.3. The fraction of sp³-hybridized carbons (Fsp3) is 0.348. The van der Waals surface area contributed by atoms with Crippen LogP contribution in [0.3, 0.4) is 0 Å². The third-order valence-electron chi connectivity index (χ3n) is 5.34. The second-order valence-corrected chi connectivity index (χ2v) is 8.57. The molecule has 2 aromatic heterocycles. The van der Waals surface area contributed by atoms with E-state index >= 15 is 0 Å². The maximum Gasteiger partial charge on any atom is 0.237 e. The fourth-order valence-corrected chi connectivity index (χ4v) is 4.47. The molecule has 31 heavy (non-hydrogen) atoms. The number of aromatic nitrogens is 2. The van der Waals surface area contributed by atoms with Crippen molar-refractivity contribution >= 4 is 28.2 Å². The van der Waals surface area contributed by atoms with Crippen LogP contribution in [0.2, 0.25) is 0 Å². The number of ether oxygens (including phenoxy) is 1. The highest BCUT2D eigenvalue weighted by Crippen LogP contribution is 2.32. The molecule has 1 aliphatic heterocycles. The van der Waals surface area contributed by atoms with Gasteiger partial charge >= 0.3 is 0 Å². The normalized spacial score (nSPS) is 16.0. The summed E-state index contributed by atoms with van der Waals surface area (Å²) in [6.45, 7) is 1.82. The maximum absolute atomic E-state index is 13.1. The van der Waals surface area contributed by atoms with Crippen LogP contribution in [0.5, 0.6) is 5.75 Å². The van der Waals surface area contributed by atoms with E-state index in [0.29, 0.717) is 13.1 Å². The van der Waals surface area contributed by atoms with Crippen molar-refractivity contribution in [1.82, 2.24) is 19.8 Å². The molecule has 4 rings (SSSR count). The Kier molecular flexibility index (Phi) is 6.79. The first-order valence-corrected chi connectivity index (χ1v) is 11.2. The van der Waals surface area contributed by atoms with Crippen LogP contribution in [0.25, 0.3) is 0 Å². The molecule has 0 saturated carbocycles. The molecule has 1 aliphatic rings. The molecule has 162 valence electrons. The number of hydrogen-bond donors (Lipinski definition) is 1. The van der Waals surface area contributed by atoms with Gasteiger partial charge < -0.3 is 15.0 Å². The van der Waals surface area contributed by atoms with Gasteiger partial charge in [-0.05, 0) is 49.7 Å². The van der Waals surface area contributed by atoms with E-state index in [-0.39, 0.29) is 11.9 Å². The van der Waals surface area contributed by atoms with Crippen molar-refractivity contribution in [2.75, 3.05) is 32.6 Å². The van der Waals surface area contributed by atoms with Crippen molar-refractivity contribution in [2.24, 2.45) is 0 Å². The van der Waals surface area contributed by atoms with Crippen molar-refractivity contribution in [3.05, 3.63) is 65.3 Å². The van der Waals surface area contributed by atoms with Crippen LogP contribution in [-0.4, -0.2) is 52.9 Å². The summed E-state index contributed by atoms with van der Waals surface area (Å²) < 4.78 is 5.30. The molecule has 1 amide bonds. The second-order valence-electron chi connectivity index (χ2n) is 7.68. The van der Waals surface area contributed by atoms with Gasteiger partial charge in [-0.3, -0.25) is 9.69 Å². The van der Waals surface area contributed by atoms with Gasteiger partial charge in [-0.1, -0.05) is 18.2 Å². The summed E-state index contributed by atoms with van der Waals surface area (Å²) in [5.74, 6) is 1.71. The molecule has 1 aromatic carbocycles. The van der Waals surface area contributed by atoms with Gasteiger partial charge in [0.05, 0.1) is 25.4 Å². The van der Waals surface area contributed by atoms with Gasteiger partial charge in [0.25, 0.3) is 0 Å². The molecule has 0 radical (unpaired) electrons. The van der Waals surface area contributed by atoms with Crippen LogP contribution in [-0.2, 0) is 11.3 Å². The molecule has 1 atom stereocenters. The number of anilines is 2. The first-order chi connectivity index (χ1) is 15.1. The van der Waals surface area contributed by atoms with E-state index in [1.807, 2.05) is 64.7 Å². The quantitative estimate of drug-likeness (QED) is 0.573. The number of nitrogens with zero attached hydrogens (tertiary/aromatic N) is 4. The summed E-state index contributed by atoms with van der Waals surface area (Å²) in [7, 11) is 3.63. The highest BCUT2D eigenvalue weighted by Gasteiger charge is 2.31. The van der Waals surface area contributed by atoms with E-state index in [0.717, 1.165) is 47.3 Å².